The van der Waals surface area contributed by atoms with Crippen LogP contribution in [0.25, 0.3) is 0 Å². The highest BCUT2D eigenvalue weighted by Crippen LogP contribution is 2.28. The van der Waals surface area contributed by atoms with Gasteiger partial charge in [0.25, 0.3) is 0 Å². The molecular weight excluding hydrogens is 142 g/mol. The molecule has 3 N–H and O–H groups in total. The monoisotopic (exact) mass is 151 g/mol. The summed E-state index contributed by atoms with van der Waals surface area (Å²) in [6.07, 6.45) is 0. The molecule has 0 bridgehead atoms. The van der Waals surface area contributed by atoms with Gasteiger partial charge in [0.15, 0.2) is 0 Å². The van der Waals surface area contributed by atoms with Gasteiger partial charge in [-0.15, -0.1) is 4.91 Å². The average Bonchev–Trinajstić information content (AvgIpc) is 2.05. The maximum Gasteiger partial charge on any atom is 0.132 e. The average molecular weight is 151 g/mol. The van der Waals surface area contributed by atoms with Crippen molar-refractivity contribution in [3.8, 4) is 0 Å². The van der Waals surface area contributed by atoms with Crippen molar-refractivity contribution < 1.29 is 0 Å². The van der Waals surface area contributed by atoms with Gasteiger partial charge in [0.2, 0.25) is 0 Å². The van der Waals surface area contributed by atoms with E-state index < -0.39 is 0 Å². The summed E-state index contributed by atoms with van der Waals surface area (Å²) < 4.78 is 0. The molecule has 0 fully saturated rings. The number of nitrogens with zero attached hydrogens (tertiary/aromatic N) is 1. The maximum atomic E-state index is 10.1. The first-order valence-corrected chi connectivity index (χ1v) is 3.19. The molecule has 58 valence electrons. The van der Waals surface area contributed by atoms with E-state index in [4.69, 9.17) is 5.73 Å². The quantitative estimate of drug-likeness (QED) is 0.499. The minimum absolute atomic E-state index is 0.275. The molecule has 4 nitrogen and oxygen atoms in total. The number of hydrogen-bond donors (Lipinski definition) is 2. The van der Waals surface area contributed by atoms with Gasteiger partial charge in [0, 0.05) is 7.05 Å². The van der Waals surface area contributed by atoms with Crippen molar-refractivity contribution in [2.75, 3.05) is 18.1 Å². The molecule has 0 heterocycles. The van der Waals surface area contributed by atoms with E-state index in [0.29, 0.717) is 5.69 Å². The van der Waals surface area contributed by atoms with Crippen LogP contribution in [0, 0.1) is 4.91 Å². The molecule has 0 aliphatic heterocycles. The molecule has 11 heavy (non-hydrogen) atoms. The van der Waals surface area contributed by atoms with E-state index >= 15 is 0 Å². The topological polar surface area (TPSA) is 67.5 Å². The van der Waals surface area contributed by atoms with E-state index in [2.05, 4.69) is 10.5 Å². The molecule has 0 saturated carbocycles. The molecule has 0 aliphatic carbocycles. The summed E-state index contributed by atoms with van der Waals surface area (Å²) in [4.78, 5) is 10.1. The first-order chi connectivity index (χ1) is 5.29. The Kier molecular flexibility index (Phi) is 2.06. The lowest BCUT2D eigenvalue weighted by atomic mass is 10.2. The summed E-state index contributed by atoms with van der Waals surface area (Å²) in [6.45, 7) is 0. The first-order valence-electron chi connectivity index (χ1n) is 3.19. The lowest BCUT2D eigenvalue weighted by Gasteiger charge is -2.04. The molecule has 0 amide bonds. The molecule has 0 radical (unpaired) electrons. The second-order valence-electron chi connectivity index (χ2n) is 2.08. The van der Waals surface area contributed by atoms with Crippen LogP contribution in [0.4, 0.5) is 17.1 Å². The number of nitrogens with one attached hydrogen (secondary N) is 1. The number of nitrogens with two attached hydrogens (primary N) is 1. The molecule has 0 spiro atoms. The van der Waals surface area contributed by atoms with Crippen molar-refractivity contribution in [3.05, 3.63) is 23.1 Å². The number of rotatable bonds is 2. The molecule has 0 atom stereocenters. The van der Waals surface area contributed by atoms with Crippen molar-refractivity contribution >= 4 is 17.1 Å². The Balaban J connectivity index is 3.20. The Morgan fingerprint density at radius 2 is 2.27 bits per heavy atom. The van der Waals surface area contributed by atoms with Gasteiger partial charge in [-0.25, -0.2) is 0 Å². The predicted octanol–water partition coefficient (Wildman–Crippen LogP) is 1.71. The van der Waals surface area contributed by atoms with Gasteiger partial charge in [-0.05, 0) is 17.3 Å². The molecule has 1 rings (SSSR count). The minimum atomic E-state index is 0.275. The Morgan fingerprint density at radius 3 is 2.82 bits per heavy atom. The molecule has 0 unspecified atom stereocenters. The van der Waals surface area contributed by atoms with Crippen LogP contribution in [0.15, 0.2) is 23.4 Å². The van der Waals surface area contributed by atoms with Crippen molar-refractivity contribution in [1.82, 2.24) is 0 Å². The van der Waals surface area contributed by atoms with E-state index in [9.17, 15) is 4.91 Å². The number of para-hydroxylation sites is 1. The summed E-state index contributed by atoms with van der Waals surface area (Å²) in [5.74, 6) is 0. The Labute approximate surface area is 64.4 Å². The van der Waals surface area contributed by atoms with E-state index in [-0.39, 0.29) is 5.69 Å². The van der Waals surface area contributed by atoms with E-state index in [1.165, 1.54) is 0 Å². The summed E-state index contributed by atoms with van der Waals surface area (Å²) >= 11 is 0. The van der Waals surface area contributed by atoms with Crippen LogP contribution in [-0.2, 0) is 0 Å². The molecule has 0 saturated heterocycles. The molecular formula is C7H9N3O. The van der Waals surface area contributed by atoms with Gasteiger partial charge < -0.3 is 11.1 Å². The zero-order valence-corrected chi connectivity index (χ0v) is 6.16. The minimum Gasteiger partial charge on any atom is -0.395 e. The van der Waals surface area contributed by atoms with Crippen LogP contribution < -0.4 is 11.1 Å². The lowest BCUT2D eigenvalue weighted by molar-refractivity contribution is 1.45. The predicted molar refractivity (Wildman–Crippen MR) is 45.9 cm³/mol. The fraction of sp³-hybridized carbons (Fsp3) is 0.143. The maximum absolute atomic E-state index is 10.1. The van der Waals surface area contributed by atoms with Crippen LogP contribution in [0.5, 0.6) is 0 Å². The van der Waals surface area contributed by atoms with Crippen LogP contribution in [0.1, 0.15) is 0 Å². The number of anilines is 2. The number of hydrogen-bond acceptors (Lipinski definition) is 4. The van der Waals surface area contributed by atoms with E-state index in [0.717, 1.165) is 5.69 Å². The molecule has 4 heteroatoms. The van der Waals surface area contributed by atoms with Gasteiger partial charge in [-0.1, -0.05) is 6.07 Å². The highest BCUT2D eigenvalue weighted by atomic mass is 16.3. The van der Waals surface area contributed by atoms with Crippen molar-refractivity contribution in [2.45, 2.75) is 0 Å². The SMILES string of the molecule is CNc1cccc(N=O)c1N. The molecule has 1 aromatic carbocycles. The Bertz CT molecular complexity index is 272. The van der Waals surface area contributed by atoms with Crippen molar-refractivity contribution in [3.63, 3.8) is 0 Å². The number of nitroso groups, excluding NO2 is 1. The third-order valence-corrected chi connectivity index (χ3v) is 1.45. The van der Waals surface area contributed by atoms with Crippen molar-refractivity contribution in [1.29, 1.82) is 0 Å². The summed E-state index contributed by atoms with van der Waals surface area (Å²) in [6, 6.07) is 5.08. The third kappa shape index (κ3) is 1.29. The van der Waals surface area contributed by atoms with E-state index in [1.807, 2.05) is 0 Å². The lowest BCUT2D eigenvalue weighted by Crippen LogP contribution is -1.94. The zero-order valence-electron chi connectivity index (χ0n) is 6.16. The van der Waals surface area contributed by atoms with E-state index in [1.54, 1.807) is 25.2 Å². The number of nitrogen functional groups attached to an aromatic ring is 1. The fourth-order valence-corrected chi connectivity index (χ4v) is 0.851. The summed E-state index contributed by atoms with van der Waals surface area (Å²) in [7, 11) is 1.74. The van der Waals surface area contributed by atoms with Crippen LogP contribution in [0.2, 0.25) is 0 Å². The largest absolute Gasteiger partial charge is 0.395 e. The van der Waals surface area contributed by atoms with Gasteiger partial charge in [0.1, 0.15) is 5.69 Å². The molecule has 0 aliphatic rings. The van der Waals surface area contributed by atoms with Gasteiger partial charge in [-0.2, -0.15) is 0 Å². The van der Waals surface area contributed by atoms with Gasteiger partial charge >= 0.3 is 0 Å². The smallest absolute Gasteiger partial charge is 0.132 e. The second kappa shape index (κ2) is 3.01. The van der Waals surface area contributed by atoms with Gasteiger partial charge in [-0.3, -0.25) is 0 Å². The fourth-order valence-electron chi connectivity index (χ4n) is 0.851. The van der Waals surface area contributed by atoms with Crippen molar-refractivity contribution in [2.24, 2.45) is 5.18 Å². The molecule has 1 aromatic rings. The number of benzene rings is 1. The summed E-state index contributed by atoms with van der Waals surface area (Å²) in [5.41, 5.74) is 6.94. The second-order valence-corrected chi connectivity index (χ2v) is 2.08. The zero-order chi connectivity index (χ0) is 8.27. The Hall–Kier alpha value is -1.58. The third-order valence-electron chi connectivity index (χ3n) is 1.45. The van der Waals surface area contributed by atoms with Crippen LogP contribution >= 0.6 is 0 Å². The van der Waals surface area contributed by atoms with Crippen LogP contribution in [-0.4, -0.2) is 7.05 Å². The van der Waals surface area contributed by atoms with Gasteiger partial charge in [0.05, 0.1) is 11.4 Å². The first kappa shape index (κ1) is 7.53. The molecule has 0 aromatic heterocycles. The normalized spacial score (nSPS) is 9.18. The highest BCUT2D eigenvalue weighted by Gasteiger charge is 2.01. The van der Waals surface area contributed by atoms with Crippen LogP contribution in [0.3, 0.4) is 0 Å². The summed E-state index contributed by atoms with van der Waals surface area (Å²) in [5, 5.41) is 5.61. The highest BCUT2D eigenvalue weighted by molar-refractivity contribution is 5.77. The Morgan fingerprint density at radius 1 is 1.55 bits per heavy atom. The standard InChI is InChI=1S/C7H9N3O/c1-9-5-3-2-4-6(10-11)7(5)8/h2-4,9H,8H2,1H3.